The van der Waals surface area contributed by atoms with Gasteiger partial charge < -0.3 is 15.8 Å². The summed E-state index contributed by atoms with van der Waals surface area (Å²) in [6.07, 6.45) is -4.67. The molecule has 0 aromatic heterocycles. The maximum atomic E-state index is 12.0. The minimum Gasteiger partial charge on any atom is -0.406 e. The second-order valence-corrected chi connectivity index (χ2v) is 4.13. The highest BCUT2D eigenvalue weighted by atomic mass is 19.4. The normalized spacial score (nSPS) is 11.2. The summed E-state index contributed by atoms with van der Waals surface area (Å²) < 4.78 is 39.8. The highest BCUT2D eigenvalue weighted by Crippen LogP contribution is 2.23. The van der Waals surface area contributed by atoms with E-state index in [1.54, 1.807) is 18.2 Å². The van der Waals surface area contributed by atoms with E-state index in [-0.39, 0.29) is 5.75 Å². The zero-order chi connectivity index (χ0) is 14.6. The predicted molar refractivity (Wildman–Crippen MR) is 71.3 cm³/mol. The lowest BCUT2D eigenvalue weighted by molar-refractivity contribution is -0.274. The van der Waals surface area contributed by atoms with Gasteiger partial charge in [0.15, 0.2) is 0 Å². The van der Waals surface area contributed by atoms with Crippen molar-refractivity contribution >= 4 is 11.4 Å². The first kappa shape index (κ1) is 14.0. The Morgan fingerprint density at radius 3 is 2.25 bits per heavy atom. The summed E-state index contributed by atoms with van der Waals surface area (Å²) in [5.74, 6) is -0.236. The van der Waals surface area contributed by atoms with Crippen molar-refractivity contribution in [3.05, 3.63) is 54.1 Å². The Balaban J connectivity index is 1.96. The Morgan fingerprint density at radius 1 is 1.00 bits per heavy atom. The monoisotopic (exact) mass is 282 g/mol. The van der Waals surface area contributed by atoms with E-state index >= 15 is 0 Å². The van der Waals surface area contributed by atoms with Crippen molar-refractivity contribution < 1.29 is 17.9 Å². The first-order chi connectivity index (χ1) is 9.44. The van der Waals surface area contributed by atoms with Crippen LogP contribution in [0.15, 0.2) is 48.5 Å². The number of benzene rings is 2. The summed E-state index contributed by atoms with van der Waals surface area (Å²) >= 11 is 0. The Morgan fingerprint density at radius 2 is 1.65 bits per heavy atom. The Hall–Kier alpha value is -2.37. The van der Waals surface area contributed by atoms with Crippen LogP contribution >= 0.6 is 0 Å². The first-order valence-electron chi connectivity index (χ1n) is 5.87. The van der Waals surface area contributed by atoms with Crippen molar-refractivity contribution in [3.63, 3.8) is 0 Å². The Kier molecular flexibility index (Phi) is 4.02. The molecule has 0 bridgehead atoms. The van der Waals surface area contributed by atoms with Gasteiger partial charge in [-0.15, -0.1) is 13.2 Å². The molecule has 0 fully saturated rings. The summed E-state index contributed by atoms with van der Waals surface area (Å²) in [5, 5.41) is 3.11. The lowest BCUT2D eigenvalue weighted by Crippen LogP contribution is -2.17. The quantitative estimate of drug-likeness (QED) is 0.839. The number of alkyl halides is 3. The number of nitrogens with two attached hydrogens (primary N) is 1. The van der Waals surface area contributed by atoms with Gasteiger partial charge in [-0.25, -0.2) is 0 Å². The minimum absolute atomic E-state index is 0.236. The number of ether oxygens (including phenoxy) is 1. The number of hydrogen-bond acceptors (Lipinski definition) is 3. The molecule has 0 radical (unpaired) electrons. The second kappa shape index (κ2) is 5.73. The Bertz CT molecular complexity index is 567. The third kappa shape index (κ3) is 4.08. The van der Waals surface area contributed by atoms with Gasteiger partial charge in [0.1, 0.15) is 5.75 Å². The van der Waals surface area contributed by atoms with E-state index < -0.39 is 6.36 Å². The van der Waals surface area contributed by atoms with Crippen LogP contribution in [0, 0.1) is 0 Å². The SMILES string of the molecule is Nc1ccccc1NCc1ccc(OC(F)(F)F)cc1. The number of nitrogens with one attached hydrogen (secondary N) is 1. The number of anilines is 2. The fourth-order valence-electron chi connectivity index (χ4n) is 1.66. The molecule has 0 saturated heterocycles. The molecule has 106 valence electrons. The molecule has 6 heteroatoms. The molecule has 0 saturated carbocycles. The molecule has 2 rings (SSSR count). The van der Waals surface area contributed by atoms with E-state index in [1.165, 1.54) is 12.1 Å². The maximum Gasteiger partial charge on any atom is 0.573 e. The number of hydrogen-bond donors (Lipinski definition) is 2. The van der Waals surface area contributed by atoms with Crippen LogP contribution in [-0.4, -0.2) is 6.36 Å². The topological polar surface area (TPSA) is 47.3 Å². The highest BCUT2D eigenvalue weighted by molar-refractivity contribution is 5.65. The smallest absolute Gasteiger partial charge is 0.406 e. The molecule has 3 nitrogen and oxygen atoms in total. The van der Waals surface area contributed by atoms with E-state index in [2.05, 4.69) is 10.1 Å². The van der Waals surface area contributed by atoms with E-state index in [0.717, 1.165) is 11.3 Å². The summed E-state index contributed by atoms with van der Waals surface area (Å²) in [6.45, 7) is 0.459. The van der Waals surface area contributed by atoms with E-state index in [1.807, 2.05) is 18.2 Å². The van der Waals surface area contributed by atoms with Gasteiger partial charge in [0, 0.05) is 6.54 Å². The van der Waals surface area contributed by atoms with Crippen LogP contribution in [0.25, 0.3) is 0 Å². The number of halogens is 3. The van der Waals surface area contributed by atoms with Gasteiger partial charge in [-0.2, -0.15) is 0 Å². The van der Waals surface area contributed by atoms with Crippen molar-refractivity contribution in [1.29, 1.82) is 0 Å². The van der Waals surface area contributed by atoms with Crippen LogP contribution in [0.5, 0.6) is 5.75 Å². The molecule has 0 amide bonds. The van der Waals surface area contributed by atoms with Crippen molar-refractivity contribution in [2.75, 3.05) is 11.1 Å². The van der Waals surface area contributed by atoms with Crippen LogP contribution in [0.1, 0.15) is 5.56 Å². The molecule has 0 aliphatic heterocycles. The fourth-order valence-corrected chi connectivity index (χ4v) is 1.66. The molecule has 2 aromatic carbocycles. The average Bonchev–Trinajstić information content (AvgIpc) is 2.38. The molecule has 20 heavy (non-hydrogen) atoms. The van der Waals surface area contributed by atoms with Gasteiger partial charge in [0.05, 0.1) is 11.4 Å². The number of nitrogen functional groups attached to an aromatic ring is 1. The summed E-state index contributed by atoms with van der Waals surface area (Å²) in [6, 6.07) is 12.9. The van der Waals surface area contributed by atoms with Gasteiger partial charge in [-0.05, 0) is 29.8 Å². The highest BCUT2D eigenvalue weighted by Gasteiger charge is 2.30. The van der Waals surface area contributed by atoms with Crippen molar-refractivity contribution in [2.24, 2.45) is 0 Å². The van der Waals surface area contributed by atoms with Crippen molar-refractivity contribution in [2.45, 2.75) is 12.9 Å². The fraction of sp³-hybridized carbons (Fsp3) is 0.143. The summed E-state index contributed by atoms with van der Waals surface area (Å²) in [5.41, 5.74) is 7.99. The van der Waals surface area contributed by atoms with Gasteiger partial charge in [0.2, 0.25) is 0 Å². The standard InChI is InChI=1S/C14H13F3N2O/c15-14(16,17)20-11-7-5-10(6-8-11)9-19-13-4-2-1-3-12(13)18/h1-8,19H,9,18H2. The van der Waals surface area contributed by atoms with Crippen LogP contribution < -0.4 is 15.8 Å². The third-order valence-corrected chi connectivity index (χ3v) is 2.60. The van der Waals surface area contributed by atoms with Gasteiger partial charge >= 0.3 is 6.36 Å². The largest absolute Gasteiger partial charge is 0.573 e. The van der Waals surface area contributed by atoms with Gasteiger partial charge in [-0.3, -0.25) is 0 Å². The Labute approximate surface area is 114 Å². The lowest BCUT2D eigenvalue weighted by atomic mass is 10.2. The molecular formula is C14H13F3N2O. The van der Waals surface area contributed by atoms with Gasteiger partial charge in [-0.1, -0.05) is 24.3 Å². The van der Waals surface area contributed by atoms with Gasteiger partial charge in [0.25, 0.3) is 0 Å². The van der Waals surface area contributed by atoms with E-state index in [0.29, 0.717) is 12.2 Å². The summed E-state index contributed by atoms with van der Waals surface area (Å²) in [7, 11) is 0. The summed E-state index contributed by atoms with van der Waals surface area (Å²) in [4.78, 5) is 0. The molecule has 0 heterocycles. The lowest BCUT2D eigenvalue weighted by Gasteiger charge is -2.11. The van der Waals surface area contributed by atoms with E-state index in [9.17, 15) is 13.2 Å². The molecule has 0 spiro atoms. The first-order valence-corrected chi connectivity index (χ1v) is 5.87. The maximum absolute atomic E-state index is 12.0. The van der Waals surface area contributed by atoms with Crippen molar-refractivity contribution in [3.8, 4) is 5.75 Å². The molecule has 0 aliphatic rings. The van der Waals surface area contributed by atoms with Crippen LogP contribution in [-0.2, 0) is 6.54 Å². The van der Waals surface area contributed by atoms with Crippen LogP contribution in [0.2, 0.25) is 0 Å². The zero-order valence-electron chi connectivity index (χ0n) is 10.4. The predicted octanol–water partition coefficient (Wildman–Crippen LogP) is 3.78. The van der Waals surface area contributed by atoms with Crippen LogP contribution in [0.3, 0.4) is 0 Å². The van der Waals surface area contributed by atoms with Crippen LogP contribution in [0.4, 0.5) is 24.5 Å². The third-order valence-electron chi connectivity index (χ3n) is 2.60. The minimum atomic E-state index is -4.67. The zero-order valence-corrected chi connectivity index (χ0v) is 10.4. The average molecular weight is 282 g/mol. The molecular weight excluding hydrogens is 269 g/mol. The molecule has 0 unspecified atom stereocenters. The molecule has 0 atom stereocenters. The number of para-hydroxylation sites is 2. The second-order valence-electron chi connectivity index (χ2n) is 4.13. The van der Waals surface area contributed by atoms with Crippen molar-refractivity contribution in [1.82, 2.24) is 0 Å². The molecule has 2 aromatic rings. The molecule has 3 N–H and O–H groups in total. The number of rotatable bonds is 4. The van der Waals surface area contributed by atoms with E-state index in [4.69, 9.17) is 5.73 Å². The molecule has 0 aliphatic carbocycles.